The summed E-state index contributed by atoms with van der Waals surface area (Å²) >= 11 is 11.8. The third-order valence-corrected chi connectivity index (χ3v) is 3.75. The van der Waals surface area contributed by atoms with Crippen molar-refractivity contribution >= 4 is 35.3 Å². The van der Waals surface area contributed by atoms with Crippen LogP contribution in [-0.2, 0) is 14.4 Å². The summed E-state index contributed by atoms with van der Waals surface area (Å²) in [6.45, 7) is 4.91. The zero-order chi connectivity index (χ0) is 16.1. The minimum Gasteiger partial charge on any atom is -0.386 e. The Morgan fingerprint density at radius 2 is 2.09 bits per heavy atom. The van der Waals surface area contributed by atoms with Gasteiger partial charge in [0.1, 0.15) is 0 Å². The number of nitrogens with zero attached hydrogens (tertiary/aromatic N) is 2. The zero-order valence-corrected chi connectivity index (χ0v) is 14.0. The van der Waals surface area contributed by atoms with Gasteiger partial charge in [0.15, 0.2) is 6.61 Å². The lowest BCUT2D eigenvalue weighted by Crippen LogP contribution is -2.49. The molecule has 1 saturated heterocycles. The second-order valence-electron chi connectivity index (χ2n) is 5.23. The van der Waals surface area contributed by atoms with E-state index in [2.05, 4.69) is 5.16 Å². The highest BCUT2D eigenvalue weighted by atomic mass is 35.5. The molecule has 7 heteroatoms. The first-order chi connectivity index (χ1) is 10.5. The summed E-state index contributed by atoms with van der Waals surface area (Å²) < 4.78 is 5.58. The van der Waals surface area contributed by atoms with Crippen molar-refractivity contribution in [2.75, 3.05) is 19.7 Å². The number of halogens is 2. The largest absolute Gasteiger partial charge is 0.386 e. The van der Waals surface area contributed by atoms with E-state index in [0.29, 0.717) is 28.7 Å². The van der Waals surface area contributed by atoms with Gasteiger partial charge >= 0.3 is 0 Å². The van der Waals surface area contributed by atoms with Gasteiger partial charge in [0.05, 0.1) is 23.4 Å². The van der Waals surface area contributed by atoms with Crippen molar-refractivity contribution in [3.8, 4) is 0 Å². The van der Waals surface area contributed by atoms with Crippen molar-refractivity contribution in [2.45, 2.75) is 26.1 Å². The van der Waals surface area contributed by atoms with Crippen LogP contribution in [0.1, 0.15) is 19.4 Å². The predicted molar refractivity (Wildman–Crippen MR) is 86.6 cm³/mol. The summed E-state index contributed by atoms with van der Waals surface area (Å²) in [4.78, 5) is 18.8. The molecule has 2 rings (SSSR count). The van der Waals surface area contributed by atoms with Crippen LogP contribution in [0.3, 0.4) is 0 Å². The van der Waals surface area contributed by atoms with Gasteiger partial charge in [0, 0.05) is 23.7 Å². The first-order valence-corrected chi connectivity index (χ1v) is 7.75. The Kier molecular flexibility index (Phi) is 6.06. The smallest absolute Gasteiger partial charge is 0.263 e. The summed E-state index contributed by atoms with van der Waals surface area (Å²) in [6.07, 6.45) is 1.52. The van der Waals surface area contributed by atoms with Gasteiger partial charge in [0.2, 0.25) is 0 Å². The minimum absolute atomic E-state index is 0.0316. The fraction of sp³-hybridized carbons (Fsp3) is 0.467. The molecule has 5 nitrogen and oxygen atoms in total. The molecule has 1 aliphatic heterocycles. The van der Waals surface area contributed by atoms with Gasteiger partial charge in [-0.1, -0.05) is 34.4 Å². The molecule has 120 valence electrons. The maximum Gasteiger partial charge on any atom is 0.263 e. The van der Waals surface area contributed by atoms with Crippen LogP contribution in [-0.4, -0.2) is 48.9 Å². The third kappa shape index (κ3) is 4.87. The second-order valence-corrected chi connectivity index (χ2v) is 6.07. The molecule has 0 unspecified atom stereocenters. The van der Waals surface area contributed by atoms with E-state index in [9.17, 15) is 4.79 Å². The molecule has 1 fully saturated rings. The summed E-state index contributed by atoms with van der Waals surface area (Å²) in [5.41, 5.74) is 0.673. The first kappa shape index (κ1) is 17.1. The molecule has 0 saturated carbocycles. The summed E-state index contributed by atoms with van der Waals surface area (Å²) in [5, 5.41) is 4.80. The van der Waals surface area contributed by atoms with Gasteiger partial charge in [-0.2, -0.15) is 0 Å². The van der Waals surface area contributed by atoms with Crippen molar-refractivity contribution in [3.05, 3.63) is 33.8 Å². The van der Waals surface area contributed by atoms with E-state index in [1.165, 1.54) is 6.21 Å². The van der Waals surface area contributed by atoms with Gasteiger partial charge < -0.3 is 14.5 Å². The molecule has 1 heterocycles. The molecule has 0 bridgehead atoms. The minimum atomic E-state index is -0.110. The summed E-state index contributed by atoms with van der Waals surface area (Å²) in [6, 6.07) is 5.05. The van der Waals surface area contributed by atoms with E-state index in [0.717, 1.165) is 0 Å². The molecular formula is C15H18Cl2N2O3. The molecule has 0 N–H and O–H groups in total. The topological polar surface area (TPSA) is 51.1 Å². The summed E-state index contributed by atoms with van der Waals surface area (Å²) in [5.74, 6) is -0.110. The Labute approximate surface area is 139 Å². The molecule has 0 aliphatic carbocycles. The quantitative estimate of drug-likeness (QED) is 0.623. The Morgan fingerprint density at radius 3 is 2.73 bits per heavy atom. The Hall–Kier alpha value is -1.30. The van der Waals surface area contributed by atoms with Crippen molar-refractivity contribution in [2.24, 2.45) is 5.16 Å². The van der Waals surface area contributed by atoms with Gasteiger partial charge in [0.25, 0.3) is 5.91 Å². The fourth-order valence-corrected chi connectivity index (χ4v) is 2.72. The number of amides is 1. The van der Waals surface area contributed by atoms with Gasteiger partial charge in [-0.25, -0.2) is 0 Å². The number of oxime groups is 1. The molecule has 22 heavy (non-hydrogen) atoms. The highest BCUT2D eigenvalue weighted by Crippen LogP contribution is 2.19. The maximum atomic E-state index is 12.0. The number of hydrogen-bond donors (Lipinski definition) is 0. The predicted octanol–water partition coefficient (Wildman–Crippen LogP) is 2.98. The fourth-order valence-electron chi connectivity index (χ4n) is 2.27. The van der Waals surface area contributed by atoms with E-state index >= 15 is 0 Å². The lowest BCUT2D eigenvalue weighted by Gasteiger charge is -2.34. The summed E-state index contributed by atoms with van der Waals surface area (Å²) in [7, 11) is 0. The lowest BCUT2D eigenvalue weighted by molar-refractivity contribution is -0.147. The first-order valence-electron chi connectivity index (χ1n) is 6.99. The van der Waals surface area contributed by atoms with E-state index in [4.69, 9.17) is 32.8 Å². The zero-order valence-electron chi connectivity index (χ0n) is 12.5. The van der Waals surface area contributed by atoms with E-state index in [1.807, 2.05) is 13.8 Å². The van der Waals surface area contributed by atoms with E-state index in [1.54, 1.807) is 23.1 Å². The molecular weight excluding hydrogens is 327 g/mol. The molecule has 0 aromatic heterocycles. The van der Waals surface area contributed by atoms with Gasteiger partial charge in [-0.05, 0) is 26.0 Å². The molecule has 0 radical (unpaired) electrons. The average molecular weight is 345 g/mol. The van der Waals surface area contributed by atoms with Crippen molar-refractivity contribution in [1.82, 2.24) is 4.90 Å². The Balaban J connectivity index is 1.82. The Morgan fingerprint density at radius 1 is 1.41 bits per heavy atom. The van der Waals surface area contributed by atoms with Crippen molar-refractivity contribution in [3.63, 3.8) is 0 Å². The number of carbonyl (C=O) groups excluding carboxylic acids is 1. The van der Waals surface area contributed by atoms with Gasteiger partial charge in [-0.3, -0.25) is 4.79 Å². The molecule has 2 atom stereocenters. The number of ether oxygens (including phenoxy) is 1. The van der Waals surface area contributed by atoms with Crippen LogP contribution in [0.15, 0.2) is 23.4 Å². The number of hydrogen-bond acceptors (Lipinski definition) is 4. The molecule has 1 aromatic rings. The van der Waals surface area contributed by atoms with E-state index < -0.39 is 0 Å². The highest BCUT2D eigenvalue weighted by Gasteiger charge is 2.25. The number of morpholine rings is 1. The van der Waals surface area contributed by atoms with Crippen LogP contribution in [0.2, 0.25) is 10.0 Å². The van der Waals surface area contributed by atoms with Crippen LogP contribution in [0.5, 0.6) is 0 Å². The van der Waals surface area contributed by atoms with Gasteiger partial charge in [-0.15, -0.1) is 0 Å². The highest BCUT2D eigenvalue weighted by molar-refractivity contribution is 6.36. The Bertz CT molecular complexity index is 556. The number of rotatable bonds is 4. The molecule has 1 aliphatic rings. The third-order valence-electron chi connectivity index (χ3n) is 3.19. The lowest BCUT2D eigenvalue weighted by atomic mass is 10.2. The van der Waals surface area contributed by atoms with Crippen molar-refractivity contribution < 1.29 is 14.4 Å². The van der Waals surface area contributed by atoms with Crippen LogP contribution >= 0.6 is 23.2 Å². The normalized spacial score (nSPS) is 22.1. The molecule has 1 amide bonds. The van der Waals surface area contributed by atoms with Crippen molar-refractivity contribution in [1.29, 1.82) is 0 Å². The SMILES string of the molecule is C[C@H]1CN(C(=O)CO/N=C\c2ccc(Cl)cc2Cl)C[C@H](C)O1. The van der Waals surface area contributed by atoms with Crippen LogP contribution in [0.25, 0.3) is 0 Å². The molecule has 1 aromatic carbocycles. The molecule has 0 spiro atoms. The van der Waals surface area contributed by atoms with Crippen LogP contribution in [0, 0.1) is 0 Å². The van der Waals surface area contributed by atoms with Crippen LogP contribution < -0.4 is 0 Å². The second kappa shape index (κ2) is 7.81. The maximum absolute atomic E-state index is 12.0. The standard InChI is InChI=1S/C15H18Cl2N2O3/c1-10-7-19(8-11(2)22-10)15(20)9-21-18-6-12-3-4-13(16)5-14(12)17/h3-6,10-11H,7-9H2,1-2H3/b18-6-/t10-,11-/m0/s1. The monoisotopic (exact) mass is 344 g/mol. The van der Waals surface area contributed by atoms with Crippen LogP contribution in [0.4, 0.5) is 0 Å². The number of carbonyl (C=O) groups is 1. The average Bonchev–Trinajstić information content (AvgIpc) is 2.44. The van der Waals surface area contributed by atoms with E-state index in [-0.39, 0.29) is 24.7 Å². The number of benzene rings is 1.